The maximum absolute atomic E-state index is 11.6. The summed E-state index contributed by atoms with van der Waals surface area (Å²) in [6.07, 6.45) is 3.27. The number of Topliss-reactive ketones (excluding diaryl/α,β-unsaturated/α-hetero) is 1. The van der Waals surface area contributed by atoms with Crippen LogP contribution in [0.25, 0.3) is 0 Å². The highest BCUT2D eigenvalue weighted by Crippen LogP contribution is 2.01. The number of nitrogens with zero attached hydrogens (tertiary/aromatic N) is 2. The number of esters is 1. The zero-order chi connectivity index (χ0) is 13.4. The lowest BCUT2D eigenvalue weighted by molar-refractivity contribution is -0.145. The Bertz CT molecular complexity index is 392. The summed E-state index contributed by atoms with van der Waals surface area (Å²) < 4.78 is 4.73. The molecule has 0 N–H and O–H groups in total. The smallest absolute Gasteiger partial charge is 0.313 e. The Hall–Kier alpha value is -1.75. The summed E-state index contributed by atoms with van der Waals surface area (Å²) >= 11 is 0. The normalized spacial score (nSPS) is 10.4. The van der Waals surface area contributed by atoms with Crippen LogP contribution < -0.4 is 0 Å². The van der Waals surface area contributed by atoms with Gasteiger partial charge in [0.1, 0.15) is 6.42 Å². The fraction of sp³-hybridized carbons (Fsp3) is 0.462. The molecule has 0 aromatic carbocycles. The third kappa shape index (κ3) is 5.54. The van der Waals surface area contributed by atoms with Gasteiger partial charge in [-0.1, -0.05) is 0 Å². The molecule has 0 amide bonds. The standard InChI is InChI=1S/C13H18N2O3/c1-3-18-13(17)8-12(16)10-15(2)9-11-4-6-14-7-5-11/h4-7H,3,8-10H2,1-2H3. The summed E-state index contributed by atoms with van der Waals surface area (Å²) in [5.41, 5.74) is 1.08. The van der Waals surface area contributed by atoms with E-state index < -0.39 is 5.97 Å². The molecule has 5 nitrogen and oxygen atoms in total. The quantitative estimate of drug-likeness (QED) is 0.534. The lowest BCUT2D eigenvalue weighted by Gasteiger charge is -2.15. The van der Waals surface area contributed by atoms with E-state index in [2.05, 4.69) is 4.98 Å². The van der Waals surface area contributed by atoms with Crippen LogP contribution in [0.4, 0.5) is 0 Å². The molecule has 0 fully saturated rings. The largest absolute Gasteiger partial charge is 0.466 e. The number of carbonyl (C=O) groups excluding carboxylic acids is 2. The fourth-order valence-corrected chi connectivity index (χ4v) is 1.59. The van der Waals surface area contributed by atoms with Gasteiger partial charge in [-0.15, -0.1) is 0 Å². The van der Waals surface area contributed by atoms with E-state index in [1.54, 1.807) is 19.3 Å². The number of likely N-dealkylation sites (N-methyl/N-ethyl adjacent to an activating group) is 1. The summed E-state index contributed by atoms with van der Waals surface area (Å²) in [7, 11) is 1.84. The van der Waals surface area contributed by atoms with E-state index in [1.165, 1.54) is 0 Å². The lowest BCUT2D eigenvalue weighted by atomic mass is 10.2. The number of ether oxygens (including phenoxy) is 1. The molecule has 98 valence electrons. The van der Waals surface area contributed by atoms with E-state index in [-0.39, 0.29) is 18.7 Å². The molecule has 0 saturated heterocycles. The molecule has 0 aliphatic rings. The molecule has 0 aliphatic carbocycles. The highest BCUT2D eigenvalue weighted by molar-refractivity contribution is 5.96. The van der Waals surface area contributed by atoms with Gasteiger partial charge >= 0.3 is 5.97 Å². The van der Waals surface area contributed by atoms with Gasteiger partial charge in [0.15, 0.2) is 5.78 Å². The second-order valence-corrected chi connectivity index (χ2v) is 4.05. The summed E-state index contributed by atoms with van der Waals surface area (Å²) in [5, 5.41) is 0. The molecular formula is C13H18N2O3. The van der Waals surface area contributed by atoms with Gasteiger partial charge in [0, 0.05) is 18.9 Å². The second kappa shape index (κ2) is 7.55. The van der Waals surface area contributed by atoms with Gasteiger partial charge in [0.2, 0.25) is 0 Å². The molecule has 1 heterocycles. The van der Waals surface area contributed by atoms with Crippen LogP contribution in [-0.4, -0.2) is 41.8 Å². The minimum atomic E-state index is -0.459. The number of hydrogen-bond acceptors (Lipinski definition) is 5. The van der Waals surface area contributed by atoms with Crippen LogP contribution in [0.3, 0.4) is 0 Å². The molecule has 1 rings (SSSR count). The molecule has 1 aromatic heterocycles. The molecule has 0 radical (unpaired) electrons. The number of carbonyl (C=O) groups is 2. The van der Waals surface area contributed by atoms with Gasteiger partial charge in [-0.25, -0.2) is 0 Å². The monoisotopic (exact) mass is 250 g/mol. The van der Waals surface area contributed by atoms with Crippen LogP contribution in [0.2, 0.25) is 0 Å². The Balaban J connectivity index is 2.34. The molecule has 0 saturated carbocycles. The van der Waals surface area contributed by atoms with Crippen LogP contribution in [0.5, 0.6) is 0 Å². The first-order chi connectivity index (χ1) is 8.61. The number of pyridine rings is 1. The molecule has 0 spiro atoms. The SMILES string of the molecule is CCOC(=O)CC(=O)CN(C)Cc1ccncc1. The van der Waals surface area contributed by atoms with Crippen molar-refractivity contribution in [3.8, 4) is 0 Å². The van der Waals surface area contributed by atoms with Crippen LogP contribution in [0, 0.1) is 0 Å². The van der Waals surface area contributed by atoms with Crippen molar-refractivity contribution in [3.05, 3.63) is 30.1 Å². The highest BCUT2D eigenvalue weighted by Gasteiger charge is 2.12. The second-order valence-electron chi connectivity index (χ2n) is 4.05. The van der Waals surface area contributed by atoms with E-state index in [0.29, 0.717) is 13.2 Å². The minimum Gasteiger partial charge on any atom is -0.466 e. The number of rotatable bonds is 7. The summed E-state index contributed by atoms with van der Waals surface area (Å²) in [5.74, 6) is -0.593. The zero-order valence-electron chi connectivity index (χ0n) is 10.8. The van der Waals surface area contributed by atoms with Gasteiger partial charge < -0.3 is 4.74 Å². The van der Waals surface area contributed by atoms with Gasteiger partial charge in [-0.3, -0.25) is 19.5 Å². The van der Waals surface area contributed by atoms with Crippen LogP contribution >= 0.6 is 0 Å². The first-order valence-corrected chi connectivity index (χ1v) is 5.86. The predicted molar refractivity (Wildman–Crippen MR) is 66.8 cm³/mol. The Kier molecular flexibility index (Phi) is 6.00. The first kappa shape index (κ1) is 14.3. The van der Waals surface area contributed by atoms with Crippen molar-refractivity contribution >= 4 is 11.8 Å². The van der Waals surface area contributed by atoms with Crippen molar-refractivity contribution in [1.29, 1.82) is 0 Å². The van der Waals surface area contributed by atoms with Gasteiger partial charge in [-0.05, 0) is 31.7 Å². The van der Waals surface area contributed by atoms with Crippen molar-refractivity contribution < 1.29 is 14.3 Å². The van der Waals surface area contributed by atoms with Gasteiger partial charge in [-0.2, -0.15) is 0 Å². The molecule has 1 aromatic rings. The Morgan fingerprint density at radius 2 is 2.00 bits per heavy atom. The molecule has 0 unspecified atom stereocenters. The van der Waals surface area contributed by atoms with Gasteiger partial charge in [0.05, 0.1) is 13.2 Å². The van der Waals surface area contributed by atoms with Crippen LogP contribution in [0.15, 0.2) is 24.5 Å². The van der Waals surface area contributed by atoms with E-state index in [1.807, 2.05) is 24.1 Å². The molecule has 0 atom stereocenters. The van der Waals surface area contributed by atoms with E-state index in [4.69, 9.17) is 4.74 Å². The first-order valence-electron chi connectivity index (χ1n) is 5.86. The Labute approximate surface area is 107 Å². The molecule has 0 aliphatic heterocycles. The van der Waals surface area contributed by atoms with Crippen molar-refractivity contribution in [2.24, 2.45) is 0 Å². The Morgan fingerprint density at radius 1 is 1.33 bits per heavy atom. The topological polar surface area (TPSA) is 59.5 Å². The van der Waals surface area contributed by atoms with Gasteiger partial charge in [0.25, 0.3) is 0 Å². The van der Waals surface area contributed by atoms with Crippen LogP contribution in [-0.2, 0) is 20.9 Å². The van der Waals surface area contributed by atoms with Crippen molar-refractivity contribution in [3.63, 3.8) is 0 Å². The zero-order valence-corrected chi connectivity index (χ0v) is 10.8. The van der Waals surface area contributed by atoms with E-state index in [0.717, 1.165) is 5.56 Å². The maximum atomic E-state index is 11.6. The van der Waals surface area contributed by atoms with E-state index in [9.17, 15) is 9.59 Å². The van der Waals surface area contributed by atoms with Crippen molar-refractivity contribution in [2.75, 3.05) is 20.2 Å². The molecule has 0 bridgehead atoms. The van der Waals surface area contributed by atoms with Crippen molar-refractivity contribution in [1.82, 2.24) is 9.88 Å². The lowest BCUT2D eigenvalue weighted by Crippen LogP contribution is -2.27. The van der Waals surface area contributed by atoms with Crippen molar-refractivity contribution in [2.45, 2.75) is 19.9 Å². The summed E-state index contributed by atoms with van der Waals surface area (Å²) in [6, 6.07) is 3.79. The maximum Gasteiger partial charge on any atom is 0.313 e. The van der Waals surface area contributed by atoms with E-state index >= 15 is 0 Å². The molecule has 18 heavy (non-hydrogen) atoms. The van der Waals surface area contributed by atoms with Crippen LogP contribution in [0.1, 0.15) is 18.9 Å². The average molecular weight is 250 g/mol. The third-order valence-electron chi connectivity index (χ3n) is 2.29. The minimum absolute atomic E-state index is 0.134. The molecular weight excluding hydrogens is 232 g/mol. The Morgan fingerprint density at radius 3 is 2.61 bits per heavy atom. The predicted octanol–water partition coefficient (Wildman–Crippen LogP) is 1.04. The summed E-state index contributed by atoms with van der Waals surface area (Å²) in [6.45, 7) is 2.91. The number of ketones is 1. The average Bonchev–Trinajstić information content (AvgIpc) is 2.29. The highest BCUT2D eigenvalue weighted by atomic mass is 16.5. The fourth-order valence-electron chi connectivity index (χ4n) is 1.59. The number of aromatic nitrogens is 1. The third-order valence-corrected chi connectivity index (χ3v) is 2.29. The molecule has 5 heteroatoms. The number of hydrogen-bond donors (Lipinski definition) is 0. The summed E-state index contributed by atoms with van der Waals surface area (Å²) in [4.78, 5) is 28.5.